The molecule has 4 nitrogen and oxygen atoms in total. The van der Waals surface area contributed by atoms with E-state index in [1.807, 2.05) is 35.9 Å². The van der Waals surface area contributed by atoms with Crippen molar-refractivity contribution in [1.82, 2.24) is 9.78 Å². The van der Waals surface area contributed by atoms with E-state index >= 15 is 0 Å². The Morgan fingerprint density at radius 1 is 1.42 bits per heavy atom. The highest BCUT2D eigenvalue weighted by molar-refractivity contribution is 6.30. The maximum atomic E-state index is 5.99. The van der Waals surface area contributed by atoms with E-state index < -0.39 is 0 Å². The van der Waals surface area contributed by atoms with Gasteiger partial charge in [0.15, 0.2) is 0 Å². The van der Waals surface area contributed by atoms with Gasteiger partial charge in [0, 0.05) is 11.6 Å². The van der Waals surface area contributed by atoms with Crippen molar-refractivity contribution in [2.75, 3.05) is 5.73 Å². The topological polar surface area (TPSA) is 53.1 Å². The molecule has 102 valence electrons. The van der Waals surface area contributed by atoms with E-state index in [-0.39, 0.29) is 0 Å². The van der Waals surface area contributed by atoms with Crippen LogP contribution < -0.4 is 10.5 Å². The number of aromatic nitrogens is 2. The Labute approximate surface area is 118 Å². The van der Waals surface area contributed by atoms with Gasteiger partial charge in [-0.25, -0.2) is 4.68 Å². The molecular weight excluding hydrogens is 262 g/mol. The zero-order valence-corrected chi connectivity index (χ0v) is 11.9. The first kappa shape index (κ1) is 13.7. The summed E-state index contributed by atoms with van der Waals surface area (Å²) in [5.41, 5.74) is 8.41. The van der Waals surface area contributed by atoms with Crippen LogP contribution in [0.3, 0.4) is 0 Å². The summed E-state index contributed by atoms with van der Waals surface area (Å²) in [6, 6.07) is 7.59. The van der Waals surface area contributed by atoms with Gasteiger partial charge in [-0.2, -0.15) is 5.10 Å². The highest BCUT2D eigenvalue weighted by atomic mass is 35.5. The Kier molecular flexibility index (Phi) is 4.32. The Morgan fingerprint density at radius 2 is 2.21 bits per heavy atom. The second-order valence-corrected chi connectivity index (χ2v) is 4.88. The fourth-order valence-corrected chi connectivity index (χ4v) is 2.08. The van der Waals surface area contributed by atoms with Crippen molar-refractivity contribution in [2.24, 2.45) is 0 Å². The number of hydrogen-bond acceptors (Lipinski definition) is 3. The molecule has 0 fully saturated rings. The lowest BCUT2D eigenvalue weighted by molar-refractivity contribution is 0.273. The fourth-order valence-electron chi connectivity index (χ4n) is 1.87. The van der Waals surface area contributed by atoms with E-state index in [1.54, 1.807) is 0 Å². The first-order chi connectivity index (χ1) is 9.11. The minimum Gasteiger partial charge on any atom is -0.471 e. The smallest absolute Gasteiger partial charge is 0.236 e. The molecule has 0 saturated carbocycles. The summed E-state index contributed by atoms with van der Waals surface area (Å²) in [7, 11) is 0. The molecule has 0 unspecified atom stereocenters. The van der Waals surface area contributed by atoms with Crippen molar-refractivity contribution in [3.63, 3.8) is 0 Å². The maximum Gasteiger partial charge on any atom is 0.236 e. The van der Waals surface area contributed by atoms with E-state index in [2.05, 4.69) is 12.0 Å². The van der Waals surface area contributed by atoms with Gasteiger partial charge in [-0.3, -0.25) is 0 Å². The third-order valence-electron chi connectivity index (χ3n) is 2.83. The van der Waals surface area contributed by atoms with Gasteiger partial charge in [-0.15, -0.1) is 0 Å². The summed E-state index contributed by atoms with van der Waals surface area (Å²) in [5, 5.41) is 5.07. The van der Waals surface area contributed by atoms with Crippen LogP contribution in [0.5, 0.6) is 5.88 Å². The third-order valence-corrected chi connectivity index (χ3v) is 3.06. The van der Waals surface area contributed by atoms with Crippen LogP contribution in [-0.2, 0) is 13.2 Å². The molecule has 1 heterocycles. The Bertz CT molecular complexity index is 566. The lowest BCUT2D eigenvalue weighted by Crippen LogP contribution is -2.06. The van der Waals surface area contributed by atoms with E-state index in [9.17, 15) is 0 Å². The molecule has 0 saturated heterocycles. The molecule has 0 aliphatic heterocycles. The minimum absolute atomic E-state index is 0.430. The normalized spacial score (nSPS) is 10.7. The van der Waals surface area contributed by atoms with Crippen molar-refractivity contribution < 1.29 is 4.74 Å². The van der Waals surface area contributed by atoms with Gasteiger partial charge in [-0.05, 0) is 31.0 Å². The van der Waals surface area contributed by atoms with E-state index in [0.717, 1.165) is 24.2 Å². The second kappa shape index (κ2) is 5.97. The van der Waals surface area contributed by atoms with Crippen molar-refractivity contribution in [3.8, 4) is 5.88 Å². The van der Waals surface area contributed by atoms with Crippen LogP contribution in [0.2, 0.25) is 5.02 Å². The van der Waals surface area contributed by atoms with Gasteiger partial charge in [0.25, 0.3) is 0 Å². The predicted octanol–water partition coefficient (Wildman–Crippen LogP) is 3.42. The predicted molar refractivity (Wildman–Crippen MR) is 77.5 cm³/mol. The SMILES string of the molecule is CCCn1nc(C)c(N)c1OCc1cccc(Cl)c1. The van der Waals surface area contributed by atoms with Gasteiger partial charge in [0.2, 0.25) is 5.88 Å². The molecule has 1 aromatic carbocycles. The molecule has 2 rings (SSSR count). The quantitative estimate of drug-likeness (QED) is 0.912. The number of benzene rings is 1. The standard InChI is InChI=1S/C14H18ClN3O/c1-3-7-18-14(13(16)10(2)17-18)19-9-11-5-4-6-12(15)8-11/h4-6,8H,3,7,9,16H2,1-2H3. The lowest BCUT2D eigenvalue weighted by atomic mass is 10.2. The number of nitrogens with zero attached hydrogens (tertiary/aromatic N) is 2. The average Bonchev–Trinajstić information content (AvgIpc) is 2.63. The monoisotopic (exact) mass is 279 g/mol. The Balaban J connectivity index is 2.14. The average molecular weight is 280 g/mol. The van der Waals surface area contributed by atoms with E-state index in [0.29, 0.717) is 23.2 Å². The molecule has 0 aliphatic carbocycles. The highest BCUT2D eigenvalue weighted by Gasteiger charge is 2.13. The summed E-state index contributed by atoms with van der Waals surface area (Å²) in [6.07, 6.45) is 0.980. The van der Waals surface area contributed by atoms with Crippen LogP contribution in [0.4, 0.5) is 5.69 Å². The summed E-state index contributed by atoms with van der Waals surface area (Å²) in [5.74, 6) is 0.638. The zero-order chi connectivity index (χ0) is 13.8. The molecule has 5 heteroatoms. The summed E-state index contributed by atoms with van der Waals surface area (Å²) in [4.78, 5) is 0. The number of nitrogen functional groups attached to an aromatic ring is 1. The maximum absolute atomic E-state index is 5.99. The molecule has 0 bridgehead atoms. The van der Waals surface area contributed by atoms with Crippen LogP contribution in [-0.4, -0.2) is 9.78 Å². The second-order valence-electron chi connectivity index (χ2n) is 4.45. The van der Waals surface area contributed by atoms with Crippen molar-refractivity contribution in [3.05, 3.63) is 40.5 Å². The van der Waals surface area contributed by atoms with Crippen LogP contribution in [0.15, 0.2) is 24.3 Å². The Hall–Kier alpha value is -1.68. The van der Waals surface area contributed by atoms with Crippen molar-refractivity contribution in [1.29, 1.82) is 0 Å². The van der Waals surface area contributed by atoms with Gasteiger partial charge < -0.3 is 10.5 Å². The molecule has 0 spiro atoms. The van der Waals surface area contributed by atoms with Crippen molar-refractivity contribution >= 4 is 17.3 Å². The molecular formula is C14H18ClN3O. The number of halogens is 1. The number of hydrogen-bond donors (Lipinski definition) is 1. The number of nitrogens with two attached hydrogens (primary N) is 1. The first-order valence-corrected chi connectivity index (χ1v) is 6.69. The molecule has 2 N–H and O–H groups in total. The molecule has 0 aliphatic rings. The summed E-state index contributed by atoms with van der Waals surface area (Å²) < 4.78 is 7.61. The number of aryl methyl sites for hydroxylation is 2. The van der Waals surface area contributed by atoms with Crippen LogP contribution in [0, 0.1) is 6.92 Å². The van der Waals surface area contributed by atoms with Gasteiger partial charge in [0.1, 0.15) is 12.3 Å². The van der Waals surface area contributed by atoms with Crippen LogP contribution >= 0.6 is 11.6 Å². The van der Waals surface area contributed by atoms with Crippen LogP contribution in [0.1, 0.15) is 24.6 Å². The molecule has 2 aromatic rings. The lowest BCUT2D eigenvalue weighted by Gasteiger charge is -2.09. The molecule has 1 aromatic heterocycles. The molecule has 0 amide bonds. The van der Waals surface area contributed by atoms with Gasteiger partial charge in [0.05, 0.1) is 5.69 Å². The molecule has 19 heavy (non-hydrogen) atoms. The molecule has 0 radical (unpaired) electrons. The van der Waals surface area contributed by atoms with Crippen LogP contribution in [0.25, 0.3) is 0 Å². The van der Waals surface area contributed by atoms with Gasteiger partial charge in [-0.1, -0.05) is 30.7 Å². The largest absolute Gasteiger partial charge is 0.471 e. The van der Waals surface area contributed by atoms with E-state index in [4.69, 9.17) is 22.1 Å². The van der Waals surface area contributed by atoms with Gasteiger partial charge >= 0.3 is 0 Å². The fraction of sp³-hybridized carbons (Fsp3) is 0.357. The minimum atomic E-state index is 0.430. The third kappa shape index (κ3) is 3.20. The summed E-state index contributed by atoms with van der Waals surface area (Å²) in [6.45, 7) is 5.20. The summed E-state index contributed by atoms with van der Waals surface area (Å²) >= 11 is 5.95. The molecule has 0 atom stereocenters. The number of anilines is 1. The Morgan fingerprint density at radius 3 is 2.89 bits per heavy atom. The highest BCUT2D eigenvalue weighted by Crippen LogP contribution is 2.26. The zero-order valence-electron chi connectivity index (χ0n) is 11.2. The number of rotatable bonds is 5. The number of ether oxygens (including phenoxy) is 1. The van der Waals surface area contributed by atoms with E-state index in [1.165, 1.54) is 0 Å². The first-order valence-electron chi connectivity index (χ1n) is 6.32. The van der Waals surface area contributed by atoms with Crippen molar-refractivity contribution in [2.45, 2.75) is 33.4 Å².